The van der Waals surface area contributed by atoms with Crippen LogP contribution in [0.15, 0.2) is 29.3 Å². The molecular formula is C17H23N3O. The highest BCUT2D eigenvalue weighted by Gasteiger charge is 2.32. The van der Waals surface area contributed by atoms with Crippen LogP contribution in [0.25, 0.3) is 0 Å². The molecule has 0 aliphatic carbocycles. The summed E-state index contributed by atoms with van der Waals surface area (Å²) >= 11 is 0. The third-order valence-electron chi connectivity index (χ3n) is 4.25. The number of carbonyl (C=O) groups is 1. The number of hydrogen-bond acceptors (Lipinski definition) is 3. The molecule has 2 heterocycles. The molecule has 1 fully saturated rings. The minimum atomic E-state index is -0.343. The number of rotatable bonds is 3. The van der Waals surface area contributed by atoms with Gasteiger partial charge in [-0.05, 0) is 25.3 Å². The highest BCUT2D eigenvalue weighted by molar-refractivity contribution is 6.04. The monoisotopic (exact) mass is 285 g/mol. The first-order valence-corrected chi connectivity index (χ1v) is 7.99. The number of nitrogens with zero attached hydrogens (tertiary/aromatic N) is 3. The van der Waals surface area contributed by atoms with Crippen LogP contribution >= 0.6 is 0 Å². The molecule has 2 aliphatic rings. The van der Waals surface area contributed by atoms with Crippen LogP contribution in [-0.4, -0.2) is 42.8 Å². The molecule has 1 saturated heterocycles. The summed E-state index contributed by atoms with van der Waals surface area (Å²) in [6.45, 7) is 4.81. The molecule has 112 valence electrons. The van der Waals surface area contributed by atoms with Crippen LogP contribution in [0.3, 0.4) is 0 Å². The zero-order valence-corrected chi connectivity index (χ0v) is 12.7. The lowest BCUT2D eigenvalue weighted by molar-refractivity contribution is -0.123. The van der Waals surface area contributed by atoms with E-state index in [0.29, 0.717) is 0 Å². The van der Waals surface area contributed by atoms with Crippen molar-refractivity contribution >= 4 is 17.8 Å². The molecule has 1 atom stereocenters. The number of anilines is 1. The van der Waals surface area contributed by atoms with Crippen molar-refractivity contribution in [2.24, 2.45) is 4.99 Å². The Morgan fingerprint density at radius 1 is 1.19 bits per heavy atom. The number of benzene rings is 1. The van der Waals surface area contributed by atoms with E-state index in [2.05, 4.69) is 16.8 Å². The van der Waals surface area contributed by atoms with Gasteiger partial charge in [0, 0.05) is 31.4 Å². The minimum Gasteiger partial charge on any atom is -0.309 e. The van der Waals surface area contributed by atoms with Gasteiger partial charge >= 0.3 is 0 Å². The standard InChI is InChI=1S/C17H23N3O/c1-2-10-20-15-9-5-4-8-14(15)13-18-16(17(20)21)19-11-6-3-7-12-19/h4-5,8-9,13,16H,2-3,6-7,10-12H2,1H3. The Bertz CT molecular complexity index is 535. The lowest BCUT2D eigenvalue weighted by atomic mass is 10.1. The number of carbonyl (C=O) groups excluding carboxylic acids is 1. The second-order valence-corrected chi connectivity index (χ2v) is 5.80. The molecule has 3 rings (SSSR count). The summed E-state index contributed by atoms with van der Waals surface area (Å²) in [5.74, 6) is 0.125. The van der Waals surface area contributed by atoms with Gasteiger partial charge in [-0.1, -0.05) is 31.5 Å². The van der Waals surface area contributed by atoms with E-state index in [9.17, 15) is 4.79 Å². The van der Waals surface area contributed by atoms with Gasteiger partial charge in [0.1, 0.15) is 0 Å². The Kier molecular flexibility index (Phi) is 4.34. The molecule has 21 heavy (non-hydrogen) atoms. The molecule has 2 aliphatic heterocycles. The van der Waals surface area contributed by atoms with E-state index in [4.69, 9.17) is 0 Å². The highest BCUT2D eigenvalue weighted by Crippen LogP contribution is 2.25. The number of hydrogen-bond donors (Lipinski definition) is 0. The molecule has 1 aromatic rings. The van der Waals surface area contributed by atoms with Gasteiger partial charge in [-0.25, -0.2) is 0 Å². The Morgan fingerprint density at radius 3 is 2.71 bits per heavy atom. The van der Waals surface area contributed by atoms with Gasteiger partial charge in [0.05, 0.1) is 5.69 Å². The Hall–Kier alpha value is -1.68. The van der Waals surface area contributed by atoms with E-state index < -0.39 is 0 Å². The van der Waals surface area contributed by atoms with Crippen molar-refractivity contribution in [3.8, 4) is 0 Å². The SMILES string of the molecule is CCCN1C(=O)C(N2CCCCC2)N=Cc2ccccc21. The number of para-hydroxylation sites is 1. The van der Waals surface area contributed by atoms with E-state index in [1.165, 1.54) is 19.3 Å². The number of fused-ring (bicyclic) bond motifs is 1. The molecule has 0 aromatic heterocycles. The highest BCUT2D eigenvalue weighted by atomic mass is 16.2. The first-order valence-electron chi connectivity index (χ1n) is 7.99. The topological polar surface area (TPSA) is 35.9 Å². The average molecular weight is 285 g/mol. The van der Waals surface area contributed by atoms with E-state index in [0.717, 1.165) is 37.3 Å². The number of amides is 1. The summed E-state index contributed by atoms with van der Waals surface area (Å²) in [5.41, 5.74) is 2.03. The van der Waals surface area contributed by atoms with Gasteiger partial charge < -0.3 is 4.90 Å². The van der Waals surface area contributed by atoms with Gasteiger partial charge in [-0.2, -0.15) is 0 Å². The third kappa shape index (κ3) is 2.86. The first kappa shape index (κ1) is 14.3. The zero-order chi connectivity index (χ0) is 14.7. The fourth-order valence-electron chi connectivity index (χ4n) is 3.18. The maximum Gasteiger partial charge on any atom is 0.266 e. The fourth-order valence-corrected chi connectivity index (χ4v) is 3.18. The van der Waals surface area contributed by atoms with Gasteiger partial charge in [0.15, 0.2) is 6.17 Å². The van der Waals surface area contributed by atoms with Gasteiger partial charge in [0.2, 0.25) is 0 Å². The normalized spacial score (nSPS) is 23.0. The molecule has 4 heteroatoms. The largest absolute Gasteiger partial charge is 0.309 e. The van der Waals surface area contributed by atoms with E-state index in [1.807, 2.05) is 35.4 Å². The molecule has 0 spiro atoms. The molecule has 0 radical (unpaired) electrons. The van der Waals surface area contributed by atoms with Crippen LogP contribution < -0.4 is 4.90 Å². The van der Waals surface area contributed by atoms with Crippen LogP contribution in [0.4, 0.5) is 5.69 Å². The summed E-state index contributed by atoms with van der Waals surface area (Å²) in [6.07, 6.45) is 6.08. The minimum absolute atomic E-state index is 0.125. The summed E-state index contributed by atoms with van der Waals surface area (Å²) in [4.78, 5) is 21.7. The van der Waals surface area contributed by atoms with Crippen molar-refractivity contribution in [1.82, 2.24) is 4.90 Å². The van der Waals surface area contributed by atoms with Crippen molar-refractivity contribution < 1.29 is 4.79 Å². The maximum atomic E-state index is 13.0. The van der Waals surface area contributed by atoms with Gasteiger partial charge in [-0.15, -0.1) is 0 Å². The number of likely N-dealkylation sites (tertiary alicyclic amines) is 1. The Labute approximate surface area is 126 Å². The molecule has 0 saturated carbocycles. The molecule has 1 amide bonds. The van der Waals surface area contributed by atoms with Gasteiger partial charge in [-0.3, -0.25) is 14.7 Å². The predicted molar refractivity (Wildman–Crippen MR) is 85.9 cm³/mol. The smallest absolute Gasteiger partial charge is 0.266 e. The Balaban J connectivity index is 1.93. The zero-order valence-electron chi connectivity index (χ0n) is 12.7. The lowest BCUT2D eigenvalue weighted by Crippen LogP contribution is -2.49. The second kappa shape index (κ2) is 6.39. The van der Waals surface area contributed by atoms with Crippen LogP contribution in [0, 0.1) is 0 Å². The molecule has 0 bridgehead atoms. The van der Waals surface area contributed by atoms with E-state index in [1.54, 1.807) is 0 Å². The summed E-state index contributed by atoms with van der Waals surface area (Å²) < 4.78 is 0. The van der Waals surface area contributed by atoms with Crippen molar-refractivity contribution in [3.63, 3.8) is 0 Å². The summed E-state index contributed by atoms with van der Waals surface area (Å²) in [6, 6.07) is 8.05. The lowest BCUT2D eigenvalue weighted by Gasteiger charge is -2.33. The van der Waals surface area contributed by atoms with Crippen molar-refractivity contribution in [2.45, 2.75) is 38.8 Å². The molecule has 1 aromatic carbocycles. The summed E-state index contributed by atoms with van der Waals surface area (Å²) in [7, 11) is 0. The summed E-state index contributed by atoms with van der Waals surface area (Å²) in [5, 5.41) is 0. The molecule has 1 unspecified atom stereocenters. The Morgan fingerprint density at radius 2 is 1.95 bits per heavy atom. The fraction of sp³-hybridized carbons (Fsp3) is 0.529. The number of benzodiazepines with no additional fused rings is 1. The molecular weight excluding hydrogens is 262 g/mol. The average Bonchev–Trinajstić information content (AvgIpc) is 2.67. The number of piperidine rings is 1. The second-order valence-electron chi connectivity index (χ2n) is 5.80. The third-order valence-corrected chi connectivity index (χ3v) is 4.25. The first-order chi connectivity index (χ1) is 10.3. The van der Waals surface area contributed by atoms with Crippen LogP contribution in [0.5, 0.6) is 0 Å². The van der Waals surface area contributed by atoms with Crippen molar-refractivity contribution in [1.29, 1.82) is 0 Å². The van der Waals surface area contributed by atoms with Crippen molar-refractivity contribution in [2.75, 3.05) is 24.5 Å². The maximum absolute atomic E-state index is 13.0. The molecule has 0 N–H and O–H groups in total. The van der Waals surface area contributed by atoms with Crippen LogP contribution in [0.2, 0.25) is 0 Å². The van der Waals surface area contributed by atoms with E-state index >= 15 is 0 Å². The van der Waals surface area contributed by atoms with Crippen LogP contribution in [-0.2, 0) is 4.79 Å². The molecule has 4 nitrogen and oxygen atoms in total. The van der Waals surface area contributed by atoms with Gasteiger partial charge in [0.25, 0.3) is 5.91 Å². The number of aliphatic imine (C=N–C) groups is 1. The van der Waals surface area contributed by atoms with E-state index in [-0.39, 0.29) is 12.1 Å². The quantitative estimate of drug-likeness (QED) is 0.856. The predicted octanol–water partition coefficient (Wildman–Crippen LogP) is 2.67. The van der Waals surface area contributed by atoms with Crippen molar-refractivity contribution in [3.05, 3.63) is 29.8 Å². The van der Waals surface area contributed by atoms with Crippen LogP contribution in [0.1, 0.15) is 38.2 Å².